The zero-order valence-electron chi connectivity index (χ0n) is 2.59. The van der Waals surface area contributed by atoms with Crippen molar-refractivity contribution in [2.75, 3.05) is 0 Å². The Balaban J connectivity index is -0.0000000150. The van der Waals surface area contributed by atoms with Crippen molar-refractivity contribution < 1.29 is 69.3 Å². The maximum atomic E-state index is 7.17. The van der Waals surface area contributed by atoms with Gasteiger partial charge in [0.25, 0.3) is 0 Å². The van der Waals surface area contributed by atoms with E-state index in [1.807, 2.05) is 0 Å². The average Bonchev–Trinajstić information content (AvgIpc) is 0.811. The second-order valence-electron chi connectivity index (χ2n) is 0.346. The van der Waals surface area contributed by atoms with Crippen LogP contribution >= 0.6 is 0 Å². The van der Waals surface area contributed by atoms with Crippen LogP contribution in [0.25, 0.3) is 0 Å². The van der Waals surface area contributed by atoms with E-state index in [1.54, 1.807) is 0 Å². The SMILES string of the molecule is OB(O)O.[AlH3].[Cr].[Lu]. The van der Waals surface area contributed by atoms with Crippen LogP contribution in [0, 0.1) is 36.9 Å². The third-order valence-corrected chi connectivity index (χ3v) is 0. The zero-order valence-corrected chi connectivity index (χ0v) is 5.52. The van der Waals surface area contributed by atoms with Crippen molar-refractivity contribution in [3.8, 4) is 0 Å². The van der Waals surface area contributed by atoms with Crippen molar-refractivity contribution in [3.63, 3.8) is 0 Å². The molecule has 1 radical (unpaired) electrons. The number of rotatable bonds is 0. The van der Waals surface area contributed by atoms with E-state index in [4.69, 9.17) is 15.1 Å². The molecule has 0 amide bonds. The van der Waals surface area contributed by atoms with E-state index in [2.05, 4.69) is 0 Å². The van der Waals surface area contributed by atoms with Crippen molar-refractivity contribution in [3.05, 3.63) is 0 Å². The van der Waals surface area contributed by atoms with Crippen molar-refractivity contribution in [2.45, 2.75) is 0 Å². The van der Waals surface area contributed by atoms with E-state index >= 15 is 0 Å². The number of hydrogen-bond donors (Lipinski definition) is 3. The van der Waals surface area contributed by atoms with E-state index in [1.165, 1.54) is 0 Å². The first-order valence-electron chi connectivity index (χ1n) is 0.775. The van der Waals surface area contributed by atoms with Gasteiger partial charge in [-0.2, -0.15) is 0 Å². The molecule has 0 aliphatic carbocycles. The quantitative estimate of drug-likeness (QED) is 0.412. The van der Waals surface area contributed by atoms with E-state index in [-0.39, 0.29) is 71.6 Å². The number of hydrogen-bond acceptors (Lipinski definition) is 3. The summed E-state index contributed by atoms with van der Waals surface area (Å²) in [6, 6.07) is 0. The zero-order chi connectivity index (χ0) is 3.58. The Bertz CT molecular complexity index is 19.7. The monoisotopic (exact) mass is 319 g/mol. The van der Waals surface area contributed by atoms with Crippen LogP contribution in [-0.4, -0.2) is 39.8 Å². The molecule has 3 N–H and O–H groups in total. The first kappa shape index (κ1) is 22.8. The van der Waals surface area contributed by atoms with Crippen LogP contribution in [0.3, 0.4) is 0 Å². The van der Waals surface area contributed by atoms with Gasteiger partial charge in [-0.05, 0) is 0 Å². The fourth-order valence-corrected chi connectivity index (χ4v) is 0. The average molecular weight is 319 g/mol. The van der Waals surface area contributed by atoms with E-state index in [0.29, 0.717) is 0 Å². The van der Waals surface area contributed by atoms with Gasteiger partial charge < -0.3 is 15.1 Å². The minimum absolute atomic E-state index is 0. The molecule has 0 aromatic rings. The van der Waals surface area contributed by atoms with E-state index in [0.717, 1.165) is 0 Å². The van der Waals surface area contributed by atoms with Gasteiger partial charge in [0.15, 0.2) is 17.4 Å². The summed E-state index contributed by atoms with van der Waals surface area (Å²) < 4.78 is 0. The van der Waals surface area contributed by atoms with Crippen LogP contribution in [0.5, 0.6) is 0 Å². The maximum absolute atomic E-state index is 7.17. The van der Waals surface area contributed by atoms with Crippen LogP contribution in [0.4, 0.5) is 0 Å². The molecule has 0 saturated carbocycles. The van der Waals surface area contributed by atoms with Gasteiger partial charge in [0.05, 0.1) is 0 Å². The Hall–Kier alpha value is 2.24. The molecule has 0 bridgehead atoms. The second kappa shape index (κ2) is 15.7. The van der Waals surface area contributed by atoms with Crippen molar-refractivity contribution >= 4 is 24.7 Å². The summed E-state index contributed by atoms with van der Waals surface area (Å²) in [5, 5.41) is 21.5. The van der Waals surface area contributed by atoms with Crippen molar-refractivity contribution in [1.82, 2.24) is 0 Å². The van der Waals surface area contributed by atoms with Crippen molar-refractivity contribution in [2.24, 2.45) is 0 Å². The first-order chi connectivity index (χ1) is 1.73. The van der Waals surface area contributed by atoms with E-state index in [9.17, 15) is 0 Å². The molecular formula is H6AlBCrLuO3. The molecule has 0 fully saturated rings. The third-order valence-electron chi connectivity index (χ3n) is 0. The fraction of sp³-hybridized carbons (Fsp3) is 0. The summed E-state index contributed by atoms with van der Waals surface area (Å²) >= 11 is 0. The molecule has 0 saturated heterocycles. The molecule has 51 valence electrons. The largest absolute Gasteiger partial charge is 0.631 e. The molecule has 0 aromatic heterocycles. The summed E-state index contributed by atoms with van der Waals surface area (Å²) in [7, 11) is -2.17. The summed E-state index contributed by atoms with van der Waals surface area (Å²) in [6.07, 6.45) is 0. The van der Waals surface area contributed by atoms with Gasteiger partial charge in [-0.3, -0.25) is 0 Å². The molecule has 0 aromatic carbocycles. The minimum atomic E-state index is -2.17. The summed E-state index contributed by atoms with van der Waals surface area (Å²) in [5.74, 6) is 0. The Labute approximate surface area is 92.7 Å². The van der Waals surface area contributed by atoms with E-state index < -0.39 is 7.32 Å². The molecule has 0 heterocycles. The predicted molar refractivity (Wildman–Crippen MR) is 22.3 cm³/mol. The Morgan fingerprint density at radius 1 is 1.00 bits per heavy atom. The molecule has 0 rings (SSSR count). The molecule has 0 spiro atoms. The van der Waals surface area contributed by atoms with Gasteiger partial charge in [-0.25, -0.2) is 0 Å². The van der Waals surface area contributed by atoms with Gasteiger partial charge in [0, 0.05) is 54.2 Å². The second-order valence-corrected chi connectivity index (χ2v) is 0.346. The smallest absolute Gasteiger partial charge is 0.402 e. The molecular weight excluding hydrogens is 313 g/mol. The first-order valence-corrected chi connectivity index (χ1v) is 0.775. The third kappa shape index (κ3) is 63.8. The maximum Gasteiger partial charge on any atom is 0.631 e. The summed E-state index contributed by atoms with van der Waals surface area (Å²) in [5.41, 5.74) is 0. The molecule has 3 nitrogen and oxygen atoms in total. The van der Waals surface area contributed by atoms with Crippen LogP contribution in [0.2, 0.25) is 0 Å². The van der Waals surface area contributed by atoms with Gasteiger partial charge in [0.1, 0.15) is 0 Å². The van der Waals surface area contributed by atoms with Gasteiger partial charge in [-0.15, -0.1) is 0 Å². The Morgan fingerprint density at radius 2 is 1.00 bits per heavy atom. The Morgan fingerprint density at radius 3 is 1.00 bits per heavy atom. The van der Waals surface area contributed by atoms with Crippen LogP contribution < -0.4 is 0 Å². The summed E-state index contributed by atoms with van der Waals surface area (Å²) in [4.78, 5) is 0. The van der Waals surface area contributed by atoms with Gasteiger partial charge in [0.2, 0.25) is 0 Å². The van der Waals surface area contributed by atoms with Crippen LogP contribution in [-0.2, 0) is 17.4 Å². The standard InChI is InChI=1S/Al.BH3O3.Cr.Lu.3H/c;2-1(3)4;;;;;/h;2-4H;;;;;. The normalized spacial score (nSPS) is 3.86. The molecule has 7 heavy (non-hydrogen) atoms. The fourth-order valence-electron chi connectivity index (χ4n) is 0. The molecule has 0 unspecified atom stereocenters. The molecule has 0 aliphatic heterocycles. The molecule has 7 heteroatoms. The topological polar surface area (TPSA) is 60.7 Å². The predicted octanol–water partition coefficient (Wildman–Crippen LogP) is -3.24. The summed E-state index contributed by atoms with van der Waals surface area (Å²) in [6.45, 7) is 0. The van der Waals surface area contributed by atoms with Gasteiger partial charge in [-0.1, -0.05) is 0 Å². The van der Waals surface area contributed by atoms with Gasteiger partial charge >= 0.3 is 7.32 Å². The molecule has 0 atom stereocenters. The molecule has 0 aliphatic rings. The van der Waals surface area contributed by atoms with Crippen LogP contribution in [0.15, 0.2) is 0 Å². The van der Waals surface area contributed by atoms with Crippen LogP contribution in [0.1, 0.15) is 0 Å². The minimum Gasteiger partial charge on any atom is -0.402 e. The Kier molecular flexibility index (Phi) is 51.3. The van der Waals surface area contributed by atoms with Crippen molar-refractivity contribution in [1.29, 1.82) is 0 Å².